The Hall–Kier alpha value is -4.69. The molecule has 14 nitrogen and oxygen atoms in total. The molecule has 44 heavy (non-hydrogen) atoms. The first-order valence-electron chi connectivity index (χ1n) is 13.9. The number of hydrogen-bond donors (Lipinski definition) is 1. The Morgan fingerprint density at radius 3 is 2.41 bits per heavy atom. The van der Waals surface area contributed by atoms with Gasteiger partial charge in [-0.25, -0.2) is 23.8 Å². The Morgan fingerprint density at radius 1 is 1.11 bits per heavy atom. The van der Waals surface area contributed by atoms with Crippen molar-refractivity contribution in [2.24, 2.45) is 0 Å². The first-order chi connectivity index (χ1) is 20.5. The van der Waals surface area contributed by atoms with Crippen molar-refractivity contribution in [1.82, 2.24) is 19.6 Å². The molecule has 0 radical (unpaired) electrons. The van der Waals surface area contributed by atoms with Crippen molar-refractivity contribution < 1.29 is 37.5 Å². The van der Waals surface area contributed by atoms with E-state index < -0.39 is 47.1 Å². The summed E-state index contributed by atoms with van der Waals surface area (Å²) in [6, 6.07) is 3.66. The molecule has 1 fully saturated rings. The number of alkyl halides is 1. The number of esters is 1. The fraction of sp³-hybridized carbons (Fsp3) is 0.517. The highest BCUT2D eigenvalue weighted by Crippen LogP contribution is 2.32. The summed E-state index contributed by atoms with van der Waals surface area (Å²) in [5.41, 5.74) is -1.81. The Bertz CT molecular complexity index is 1620. The van der Waals surface area contributed by atoms with Gasteiger partial charge in [-0.3, -0.25) is 9.69 Å². The number of carbonyl (C=O) groups is 3. The van der Waals surface area contributed by atoms with Gasteiger partial charge in [-0.2, -0.15) is 0 Å². The van der Waals surface area contributed by atoms with E-state index in [9.17, 15) is 19.2 Å². The van der Waals surface area contributed by atoms with Crippen molar-refractivity contribution in [2.45, 2.75) is 71.4 Å². The molecule has 1 aliphatic rings. The number of likely N-dealkylation sites (tertiary alicyclic amines) is 1. The first kappa shape index (κ1) is 32.2. The zero-order chi connectivity index (χ0) is 32.6. The number of halogens is 1. The molecule has 1 saturated heterocycles. The summed E-state index contributed by atoms with van der Waals surface area (Å²) in [4.78, 5) is 58.1. The van der Waals surface area contributed by atoms with E-state index in [1.165, 1.54) is 39.7 Å². The highest BCUT2D eigenvalue weighted by atomic mass is 19.1. The first-order valence-corrected chi connectivity index (χ1v) is 13.9. The lowest BCUT2D eigenvalue weighted by Gasteiger charge is -2.36. The number of amides is 2. The van der Waals surface area contributed by atoms with E-state index in [0.29, 0.717) is 0 Å². The van der Waals surface area contributed by atoms with Gasteiger partial charge in [0.15, 0.2) is 5.52 Å². The molecule has 0 saturated carbocycles. The molecule has 4 rings (SSSR count). The molecule has 0 spiro atoms. The zero-order valence-electron chi connectivity index (χ0n) is 26.0. The van der Waals surface area contributed by atoms with Crippen LogP contribution < -0.4 is 15.8 Å². The van der Waals surface area contributed by atoms with Crippen molar-refractivity contribution in [3.63, 3.8) is 0 Å². The topological polar surface area (TPSA) is 158 Å². The summed E-state index contributed by atoms with van der Waals surface area (Å²) >= 11 is 0. The van der Waals surface area contributed by atoms with Gasteiger partial charge >= 0.3 is 18.2 Å². The monoisotopic (exact) mass is 616 g/mol. The van der Waals surface area contributed by atoms with Gasteiger partial charge < -0.3 is 33.5 Å². The van der Waals surface area contributed by atoms with E-state index in [1.807, 2.05) is 0 Å². The smallest absolute Gasteiger partial charge is 0.414 e. The highest BCUT2D eigenvalue weighted by Gasteiger charge is 2.35. The van der Waals surface area contributed by atoms with Crippen LogP contribution in [0.4, 0.5) is 31.2 Å². The lowest BCUT2D eigenvalue weighted by molar-refractivity contribution is 0.00647. The molecular weight excluding hydrogens is 579 g/mol. The molecule has 238 valence electrons. The van der Waals surface area contributed by atoms with Gasteiger partial charge in [0.2, 0.25) is 0 Å². The van der Waals surface area contributed by atoms with Gasteiger partial charge in [-0.05, 0) is 60.1 Å². The molecular formula is C29H37FN6O8. The molecule has 4 heterocycles. The molecule has 0 bridgehead atoms. The fourth-order valence-electron chi connectivity index (χ4n) is 4.59. The predicted molar refractivity (Wildman–Crippen MR) is 158 cm³/mol. The second kappa shape index (κ2) is 12.1. The van der Waals surface area contributed by atoms with Crippen molar-refractivity contribution in [1.29, 1.82) is 0 Å². The van der Waals surface area contributed by atoms with E-state index in [0.717, 1.165) is 7.11 Å². The third-order valence-corrected chi connectivity index (χ3v) is 6.57. The van der Waals surface area contributed by atoms with E-state index in [-0.39, 0.29) is 53.5 Å². The quantitative estimate of drug-likeness (QED) is 0.310. The fourth-order valence-corrected chi connectivity index (χ4v) is 4.59. The van der Waals surface area contributed by atoms with E-state index in [1.54, 1.807) is 47.6 Å². The maximum atomic E-state index is 15.4. The van der Waals surface area contributed by atoms with Crippen molar-refractivity contribution in [2.75, 3.05) is 37.5 Å². The Labute approximate surface area is 253 Å². The number of piperidine rings is 1. The molecule has 2 atom stereocenters. The number of pyridine rings is 2. The number of carbonyl (C=O) groups excluding carboxylic acids is 3. The Morgan fingerprint density at radius 2 is 1.80 bits per heavy atom. The second-order valence-corrected chi connectivity index (χ2v) is 12.3. The van der Waals surface area contributed by atoms with E-state index in [2.05, 4.69) is 15.5 Å². The van der Waals surface area contributed by atoms with Gasteiger partial charge in [0, 0.05) is 25.9 Å². The van der Waals surface area contributed by atoms with Crippen LogP contribution in [0.2, 0.25) is 0 Å². The number of methoxy groups -OCH3 is 1. The van der Waals surface area contributed by atoms with Crippen LogP contribution in [0.15, 0.2) is 33.7 Å². The molecule has 0 aliphatic carbocycles. The van der Waals surface area contributed by atoms with Gasteiger partial charge in [-0.15, -0.1) is 0 Å². The minimum atomic E-state index is -1.53. The summed E-state index contributed by atoms with van der Waals surface area (Å²) in [7, 11) is 2.61. The van der Waals surface area contributed by atoms with Crippen molar-refractivity contribution in [3.8, 4) is 0 Å². The van der Waals surface area contributed by atoms with E-state index >= 15 is 4.39 Å². The van der Waals surface area contributed by atoms with Crippen LogP contribution >= 0.6 is 0 Å². The molecule has 2 amide bonds. The number of ether oxygens (including phenoxy) is 3. The van der Waals surface area contributed by atoms with Crippen LogP contribution in [0, 0.1) is 0 Å². The van der Waals surface area contributed by atoms with Gasteiger partial charge in [-0.1, -0.05) is 5.16 Å². The molecule has 3 aromatic rings. The summed E-state index contributed by atoms with van der Waals surface area (Å²) < 4.78 is 37.5. The number of nitrogens with one attached hydrogen (secondary N) is 1. The zero-order valence-corrected chi connectivity index (χ0v) is 26.0. The predicted octanol–water partition coefficient (Wildman–Crippen LogP) is 4.81. The summed E-state index contributed by atoms with van der Waals surface area (Å²) in [5.74, 6) is -1.10. The maximum Gasteiger partial charge on any atom is 0.414 e. The van der Waals surface area contributed by atoms with E-state index in [4.69, 9.17) is 18.7 Å². The van der Waals surface area contributed by atoms with Crippen molar-refractivity contribution >= 4 is 46.4 Å². The van der Waals surface area contributed by atoms with Crippen molar-refractivity contribution in [3.05, 3.63) is 40.5 Å². The third-order valence-electron chi connectivity index (χ3n) is 6.57. The van der Waals surface area contributed by atoms with Crippen LogP contribution in [0.1, 0.15) is 64.6 Å². The minimum Gasteiger partial charge on any atom is -0.463 e. The van der Waals surface area contributed by atoms with Crippen LogP contribution in [0.3, 0.4) is 0 Å². The summed E-state index contributed by atoms with van der Waals surface area (Å²) in [6.45, 7) is 10.3. The number of rotatable bonds is 5. The average Bonchev–Trinajstić information content (AvgIpc) is 3.35. The number of hydrogen-bond acceptors (Lipinski definition) is 11. The molecule has 1 aliphatic heterocycles. The SMILES string of the molecule is COC(=O)c1onc2c(N(C)C(=O)OC(C)(C)C)cc(Nc3cccn([C@@H]4CCN(C(=O)OC(C)(C)C)C[C@H]4F)c3=O)nc12. The number of fused-ring (bicyclic) bond motifs is 1. The molecule has 15 heteroatoms. The normalized spacial score (nSPS) is 17.2. The second-order valence-electron chi connectivity index (χ2n) is 12.3. The molecule has 0 aromatic carbocycles. The maximum absolute atomic E-state index is 15.4. The standard InChI is InChI=1S/C29H37FN6O8/c1-28(2,3)42-26(39)34(7)19-14-20(32-22-21(19)33-44-23(22)25(38)41-8)31-17-10-9-12-36(24(17)37)18-11-13-35(15-16(18)30)27(40)43-29(4,5)6/h9-10,12,14,16,18H,11,13,15H2,1-8H3,(H,31,32)/t16-,18-/m1/s1. The third kappa shape index (κ3) is 7.09. The average molecular weight is 617 g/mol. The minimum absolute atomic E-state index is 0.0261. The van der Waals surface area contributed by atoms with Crippen LogP contribution in [0.5, 0.6) is 0 Å². The van der Waals surface area contributed by atoms with Crippen LogP contribution in [-0.4, -0.2) is 82.4 Å². The molecule has 0 unspecified atom stereocenters. The molecule has 1 N–H and O–H groups in total. The molecule has 3 aromatic heterocycles. The van der Waals surface area contributed by atoms with Gasteiger partial charge in [0.1, 0.15) is 34.4 Å². The number of nitrogens with zero attached hydrogens (tertiary/aromatic N) is 5. The number of anilines is 3. The Kier molecular flexibility index (Phi) is 8.88. The number of aromatic nitrogens is 3. The van der Waals surface area contributed by atoms with Gasteiger partial charge in [0.25, 0.3) is 11.3 Å². The summed E-state index contributed by atoms with van der Waals surface area (Å²) in [5, 5.41) is 6.83. The summed E-state index contributed by atoms with van der Waals surface area (Å²) in [6.07, 6.45) is -1.21. The lowest BCUT2D eigenvalue weighted by atomic mass is 10.0. The highest BCUT2D eigenvalue weighted by molar-refractivity contribution is 6.06. The van der Waals surface area contributed by atoms with Crippen LogP contribution in [0.25, 0.3) is 11.0 Å². The lowest BCUT2D eigenvalue weighted by Crippen LogP contribution is -2.48. The van der Waals surface area contributed by atoms with Crippen LogP contribution in [-0.2, 0) is 14.2 Å². The largest absolute Gasteiger partial charge is 0.463 e. The van der Waals surface area contributed by atoms with Gasteiger partial charge in [0.05, 0.1) is 25.4 Å². The Balaban J connectivity index is 1.66.